The zero-order valence-electron chi connectivity index (χ0n) is 18.8. The van der Waals surface area contributed by atoms with Crippen LogP contribution in [0.15, 0.2) is 30.6 Å². The van der Waals surface area contributed by atoms with E-state index in [1.807, 2.05) is 6.92 Å². The van der Waals surface area contributed by atoms with Gasteiger partial charge < -0.3 is 16.0 Å². The summed E-state index contributed by atoms with van der Waals surface area (Å²) in [5.74, 6) is -1.54. The Labute approximate surface area is 187 Å². The van der Waals surface area contributed by atoms with Crippen molar-refractivity contribution in [1.82, 2.24) is 20.6 Å². The maximum atomic E-state index is 13.3. The summed E-state index contributed by atoms with van der Waals surface area (Å²) in [5, 5.41) is 8.57. The molecule has 1 atom stereocenters. The van der Waals surface area contributed by atoms with E-state index in [2.05, 4.69) is 39.8 Å². The number of carbonyl (C=O) groups is 2. The van der Waals surface area contributed by atoms with Gasteiger partial charge in [0, 0.05) is 12.6 Å². The number of hydrogen-bond donors (Lipinski definition) is 3. The van der Waals surface area contributed by atoms with Crippen LogP contribution in [0.1, 0.15) is 51.3 Å². The minimum atomic E-state index is -0.801. The fraction of sp³-hybridized carbons (Fsp3) is 0.478. The minimum Gasteiger partial charge on any atom is -0.344 e. The van der Waals surface area contributed by atoms with Gasteiger partial charge in [0.25, 0.3) is 0 Å². The van der Waals surface area contributed by atoms with E-state index in [-0.39, 0.29) is 17.8 Å². The Morgan fingerprint density at radius 3 is 2.34 bits per heavy atom. The summed E-state index contributed by atoms with van der Waals surface area (Å²) >= 11 is 0. The number of nitrogens with zero attached hydrogens (tertiary/aromatic N) is 2. The van der Waals surface area contributed by atoms with Gasteiger partial charge in [-0.1, -0.05) is 27.2 Å². The predicted molar refractivity (Wildman–Crippen MR) is 119 cm³/mol. The summed E-state index contributed by atoms with van der Waals surface area (Å²) in [7, 11) is 0. The van der Waals surface area contributed by atoms with E-state index in [0.29, 0.717) is 25.3 Å². The third kappa shape index (κ3) is 9.05. The monoisotopic (exact) mass is 447 g/mol. The average Bonchev–Trinajstić information content (AvgIpc) is 2.71. The van der Waals surface area contributed by atoms with Crippen molar-refractivity contribution in [2.75, 3.05) is 11.9 Å². The molecule has 174 valence electrons. The number of rotatable bonds is 12. The van der Waals surface area contributed by atoms with Gasteiger partial charge in [-0.25, -0.2) is 13.8 Å². The van der Waals surface area contributed by atoms with Crippen molar-refractivity contribution >= 4 is 17.6 Å². The molecule has 0 aliphatic heterocycles. The van der Waals surface area contributed by atoms with Crippen molar-refractivity contribution in [1.29, 1.82) is 0 Å². The number of anilines is 1. The first-order valence-electron chi connectivity index (χ1n) is 10.8. The van der Waals surface area contributed by atoms with Gasteiger partial charge in [0.15, 0.2) is 5.82 Å². The average molecular weight is 448 g/mol. The van der Waals surface area contributed by atoms with E-state index >= 15 is 0 Å². The molecule has 0 fully saturated rings. The molecule has 0 aliphatic rings. The Morgan fingerprint density at radius 2 is 1.75 bits per heavy atom. The number of amides is 2. The molecule has 7 nitrogen and oxygen atoms in total. The molecule has 32 heavy (non-hydrogen) atoms. The zero-order valence-corrected chi connectivity index (χ0v) is 18.8. The van der Waals surface area contributed by atoms with Crippen LogP contribution < -0.4 is 16.0 Å². The van der Waals surface area contributed by atoms with E-state index in [4.69, 9.17) is 0 Å². The molecule has 2 amide bonds. The second kappa shape index (κ2) is 12.8. The molecule has 1 unspecified atom stereocenters. The van der Waals surface area contributed by atoms with Crippen LogP contribution >= 0.6 is 0 Å². The standard InChI is InChI=1S/C23H31F2N5O2/c1-4-5-20(29-22(31)10-16-8-17(24)11-18(25)9-16)23(32)30-21-14-27-19(13-28-21)12-26-7-6-15(2)3/h8-9,11,13-15,20,26H,4-7,10,12H2,1-3H3,(H,29,31)(H,28,30,32). The Bertz CT molecular complexity index is 870. The molecule has 2 rings (SSSR count). The van der Waals surface area contributed by atoms with E-state index in [0.717, 1.165) is 36.9 Å². The Balaban J connectivity index is 1.89. The van der Waals surface area contributed by atoms with Crippen LogP contribution in [0.2, 0.25) is 0 Å². The maximum absolute atomic E-state index is 13.3. The summed E-state index contributed by atoms with van der Waals surface area (Å²) < 4.78 is 26.7. The lowest BCUT2D eigenvalue weighted by Gasteiger charge is -2.17. The lowest BCUT2D eigenvalue weighted by atomic mass is 10.1. The number of halogens is 2. The molecule has 2 aromatic rings. The van der Waals surface area contributed by atoms with Gasteiger partial charge in [-0.05, 0) is 43.0 Å². The highest BCUT2D eigenvalue weighted by Gasteiger charge is 2.21. The lowest BCUT2D eigenvalue weighted by Crippen LogP contribution is -2.44. The SMILES string of the molecule is CCCC(NC(=O)Cc1cc(F)cc(F)c1)C(=O)Nc1cnc(CNCCC(C)C)cn1. The van der Waals surface area contributed by atoms with Crippen molar-refractivity contribution in [2.45, 2.75) is 59.0 Å². The molecule has 0 radical (unpaired) electrons. The molecule has 9 heteroatoms. The second-order valence-corrected chi connectivity index (χ2v) is 8.10. The van der Waals surface area contributed by atoms with Crippen LogP contribution in [0.4, 0.5) is 14.6 Å². The quantitative estimate of drug-likeness (QED) is 0.434. The number of aromatic nitrogens is 2. The van der Waals surface area contributed by atoms with Crippen LogP contribution in [0.25, 0.3) is 0 Å². The number of carbonyl (C=O) groups excluding carboxylic acids is 2. The lowest BCUT2D eigenvalue weighted by molar-refractivity contribution is -0.126. The van der Waals surface area contributed by atoms with E-state index < -0.39 is 29.5 Å². The van der Waals surface area contributed by atoms with Gasteiger partial charge in [0.1, 0.15) is 17.7 Å². The smallest absolute Gasteiger partial charge is 0.248 e. The molecular formula is C23H31F2N5O2. The molecular weight excluding hydrogens is 416 g/mol. The normalized spacial score (nSPS) is 11.9. The minimum absolute atomic E-state index is 0.194. The van der Waals surface area contributed by atoms with E-state index in [1.54, 1.807) is 6.20 Å². The molecule has 3 N–H and O–H groups in total. The molecule has 1 heterocycles. The van der Waals surface area contributed by atoms with Crippen molar-refractivity contribution in [2.24, 2.45) is 5.92 Å². The third-order valence-corrected chi connectivity index (χ3v) is 4.68. The topological polar surface area (TPSA) is 96.0 Å². The largest absolute Gasteiger partial charge is 0.344 e. The number of nitrogens with one attached hydrogen (secondary N) is 3. The highest BCUT2D eigenvalue weighted by Crippen LogP contribution is 2.10. The van der Waals surface area contributed by atoms with E-state index in [9.17, 15) is 18.4 Å². The highest BCUT2D eigenvalue weighted by atomic mass is 19.1. The fourth-order valence-electron chi connectivity index (χ4n) is 3.03. The van der Waals surface area contributed by atoms with Gasteiger partial charge in [0.2, 0.25) is 11.8 Å². The van der Waals surface area contributed by atoms with Crippen LogP contribution in [0.3, 0.4) is 0 Å². The van der Waals surface area contributed by atoms with E-state index in [1.165, 1.54) is 6.20 Å². The molecule has 0 spiro atoms. The van der Waals surface area contributed by atoms with Gasteiger partial charge in [-0.3, -0.25) is 14.6 Å². The molecule has 1 aromatic carbocycles. The van der Waals surface area contributed by atoms with Crippen molar-refractivity contribution in [3.63, 3.8) is 0 Å². The molecule has 0 saturated carbocycles. The fourth-order valence-corrected chi connectivity index (χ4v) is 3.03. The van der Waals surface area contributed by atoms with Gasteiger partial charge >= 0.3 is 0 Å². The number of benzene rings is 1. The Hall–Kier alpha value is -2.94. The predicted octanol–water partition coefficient (Wildman–Crippen LogP) is 3.36. The van der Waals surface area contributed by atoms with Crippen LogP contribution in [-0.2, 0) is 22.6 Å². The highest BCUT2D eigenvalue weighted by molar-refractivity contribution is 5.96. The Kier molecular flexibility index (Phi) is 10.1. The van der Waals surface area contributed by atoms with Gasteiger partial charge in [0.05, 0.1) is 24.5 Å². The van der Waals surface area contributed by atoms with Crippen molar-refractivity contribution < 1.29 is 18.4 Å². The molecule has 1 aromatic heterocycles. The summed E-state index contributed by atoms with van der Waals surface area (Å²) in [6.45, 7) is 7.68. The summed E-state index contributed by atoms with van der Waals surface area (Å²) in [4.78, 5) is 33.5. The maximum Gasteiger partial charge on any atom is 0.248 e. The van der Waals surface area contributed by atoms with Crippen LogP contribution in [0.5, 0.6) is 0 Å². The second-order valence-electron chi connectivity index (χ2n) is 8.10. The first-order valence-corrected chi connectivity index (χ1v) is 10.8. The molecule has 0 saturated heterocycles. The number of hydrogen-bond acceptors (Lipinski definition) is 5. The third-order valence-electron chi connectivity index (χ3n) is 4.68. The van der Waals surface area contributed by atoms with Crippen LogP contribution in [-0.4, -0.2) is 34.4 Å². The summed E-state index contributed by atoms with van der Waals surface area (Å²) in [6.07, 6.45) is 4.95. The molecule has 0 aliphatic carbocycles. The zero-order chi connectivity index (χ0) is 23.5. The van der Waals surface area contributed by atoms with Gasteiger partial charge in [-0.2, -0.15) is 0 Å². The van der Waals surface area contributed by atoms with Crippen molar-refractivity contribution in [3.05, 3.63) is 53.5 Å². The summed E-state index contributed by atoms with van der Waals surface area (Å²) in [5.41, 5.74) is 0.951. The van der Waals surface area contributed by atoms with Gasteiger partial charge in [-0.15, -0.1) is 0 Å². The first kappa shape index (κ1) is 25.3. The molecule has 0 bridgehead atoms. The van der Waals surface area contributed by atoms with Crippen molar-refractivity contribution in [3.8, 4) is 0 Å². The summed E-state index contributed by atoms with van der Waals surface area (Å²) in [6, 6.07) is 2.12. The first-order chi connectivity index (χ1) is 15.3. The Morgan fingerprint density at radius 1 is 1.03 bits per heavy atom. The van der Waals surface area contributed by atoms with Crippen LogP contribution in [0, 0.1) is 17.6 Å².